The number of nitriles is 1. The van der Waals surface area contributed by atoms with E-state index in [4.69, 9.17) is 0 Å². The van der Waals surface area contributed by atoms with Crippen LogP contribution in [0.15, 0.2) is 60.8 Å². The third-order valence-electron chi connectivity index (χ3n) is 10.2. The second-order valence-electron chi connectivity index (χ2n) is 12.1. The van der Waals surface area contributed by atoms with E-state index in [1.807, 2.05) is 6.07 Å². The predicted molar refractivity (Wildman–Crippen MR) is 152 cm³/mol. The Morgan fingerprint density at radius 3 is 2.78 bits per heavy atom. The van der Waals surface area contributed by atoms with Crippen LogP contribution in [0.4, 0.5) is 4.39 Å². The van der Waals surface area contributed by atoms with E-state index >= 15 is 0 Å². The van der Waals surface area contributed by atoms with E-state index in [1.165, 1.54) is 6.07 Å². The fourth-order valence-electron chi connectivity index (χ4n) is 8.28. The molecule has 210 valence electrons. The number of benzene rings is 2. The van der Waals surface area contributed by atoms with Crippen molar-refractivity contribution in [3.8, 4) is 11.8 Å². The first-order valence-electron chi connectivity index (χ1n) is 14.5. The Labute approximate surface area is 239 Å². The lowest BCUT2D eigenvalue weighted by atomic mass is 9.53. The molecule has 2 aromatic carbocycles. The van der Waals surface area contributed by atoms with Gasteiger partial charge in [0.05, 0.1) is 11.1 Å². The van der Waals surface area contributed by atoms with E-state index in [-0.39, 0.29) is 58.4 Å². The maximum atomic E-state index is 14.7. The van der Waals surface area contributed by atoms with Crippen LogP contribution >= 0.6 is 0 Å². The first kappa shape index (κ1) is 27.1. The minimum Gasteiger partial charge on any atom is -0.507 e. The van der Waals surface area contributed by atoms with E-state index in [1.54, 1.807) is 42.6 Å². The highest BCUT2D eigenvalue weighted by Gasteiger charge is 2.60. The molecule has 0 aliphatic heterocycles. The second kappa shape index (κ2) is 10.7. The molecule has 3 aliphatic rings. The molecule has 2 fully saturated rings. The van der Waals surface area contributed by atoms with Crippen molar-refractivity contribution in [2.45, 2.75) is 57.3 Å². The molecule has 1 heterocycles. The van der Waals surface area contributed by atoms with E-state index in [0.717, 1.165) is 36.1 Å². The van der Waals surface area contributed by atoms with Crippen molar-refractivity contribution < 1.29 is 19.1 Å². The summed E-state index contributed by atoms with van der Waals surface area (Å²) < 4.78 is 14.7. The van der Waals surface area contributed by atoms with Crippen molar-refractivity contribution in [2.75, 3.05) is 6.54 Å². The number of hydrogen-bond acceptors (Lipinski definition) is 5. The van der Waals surface area contributed by atoms with Crippen LogP contribution in [0.25, 0.3) is 0 Å². The summed E-state index contributed by atoms with van der Waals surface area (Å²) in [6.45, 7) is 2.47. The van der Waals surface area contributed by atoms with Gasteiger partial charge in [-0.25, -0.2) is 4.39 Å². The van der Waals surface area contributed by atoms with Crippen molar-refractivity contribution in [3.05, 3.63) is 94.6 Å². The van der Waals surface area contributed by atoms with Crippen molar-refractivity contribution in [1.29, 1.82) is 5.26 Å². The zero-order valence-corrected chi connectivity index (χ0v) is 23.1. The van der Waals surface area contributed by atoms with Gasteiger partial charge in [0.25, 0.3) is 5.91 Å². The Kier molecular flexibility index (Phi) is 7.11. The van der Waals surface area contributed by atoms with Crippen LogP contribution in [0.5, 0.6) is 5.75 Å². The summed E-state index contributed by atoms with van der Waals surface area (Å²) in [5.41, 5.74) is 2.98. The monoisotopic (exact) mass is 551 g/mol. The number of para-hydroxylation sites is 1. The molecule has 41 heavy (non-hydrogen) atoms. The summed E-state index contributed by atoms with van der Waals surface area (Å²) in [6.07, 6.45) is 5.76. The summed E-state index contributed by atoms with van der Waals surface area (Å²) in [7, 11) is 0. The fraction of sp³-hybridized carbons (Fsp3) is 0.412. The first-order chi connectivity index (χ1) is 19.8. The maximum absolute atomic E-state index is 14.7. The van der Waals surface area contributed by atoms with Gasteiger partial charge >= 0.3 is 0 Å². The Balaban J connectivity index is 1.32. The number of hydrogen-bond donors (Lipinski definition) is 2. The van der Waals surface area contributed by atoms with Crippen LogP contribution in [0.1, 0.15) is 83.6 Å². The van der Waals surface area contributed by atoms with Crippen LogP contribution in [0.2, 0.25) is 0 Å². The number of amides is 1. The van der Waals surface area contributed by atoms with Gasteiger partial charge in [-0.15, -0.1) is 0 Å². The third kappa shape index (κ3) is 4.69. The van der Waals surface area contributed by atoms with Crippen LogP contribution in [0, 0.1) is 40.3 Å². The number of ketones is 1. The molecule has 1 amide bonds. The summed E-state index contributed by atoms with van der Waals surface area (Å²) in [5, 5.41) is 22.4. The topological polar surface area (TPSA) is 103 Å². The fourth-order valence-corrected chi connectivity index (χ4v) is 8.28. The molecule has 6 atom stereocenters. The number of phenols is 1. The number of halogens is 1. The van der Waals surface area contributed by atoms with E-state index < -0.39 is 5.41 Å². The molecule has 0 spiro atoms. The van der Waals surface area contributed by atoms with E-state index in [0.29, 0.717) is 31.4 Å². The minimum atomic E-state index is -0.444. The van der Waals surface area contributed by atoms with Crippen molar-refractivity contribution in [1.82, 2.24) is 10.3 Å². The second-order valence-corrected chi connectivity index (χ2v) is 12.1. The van der Waals surface area contributed by atoms with Gasteiger partial charge in [0.2, 0.25) is 0 Å². The predicted octanol–water partition coefficient (Wildman–Crippen LogP) is 6.05. The number of aromatic nitrogens is 1. The Hall–Kier alpha value is -4.05. The van der Waals surface area contributed by atoms with Crippen LogP contribution < -0.4 is 5.32 Å². The SMILES string of the molecule is C[C@]12CCC3c4cccc(F)c4CCC3C1[C@H](C(CCNC(=O)c1ccccc1O)c1ccc(C#N)cn1)CC2=O. The molecule has 0 radical (unpaired) electrons. The molecule has 3 aliphatic carbocycles. The molecule has 0 bridgehead atoms. The Morgan fingerprint density at radius 2 is 2.02 bits per heavy atom. The normalized spacial score (nSPS) is 27.2. The van der Waals surface area contributed by atoms with Crippen LogP contribution in [-0.4, -0.2) is 28.3 Å². The molecule has 1 aromatic heterocycles. The van der Waals surface area contributed by atoms with Gasteiger partial charge in [-0.05, 0) is 97.2 Å². The van der Waals surface area contributed by atoms with Gasteiger partial charge in [0, 0.05) is 36.2 Å². The minimum absolute atomic E-state index is 0.0119. The van der Waals surface area contributed by atoms with Gasteiger partial charge in [-0.1, -0.05) is 31.2 Å². The average molecular weight is 552 g/mol. The number of Topliss-reactive ketones (excluding diaryl/α,β-unsaturated/α-hetero) is 1. The lowest BCUT2D eigenvalue weighted by molar-refractivity contribution is -0.129. The third-order valence-corrected chi connectivity index (χ3v) is 10.2. The molecule has 0 saturated heterocycles. The lowest BCUT2D eigenvalue weighted by Gasteiger charge is -2.50. The van der Waals surface area contributed by atoms with Gasteiger partial charge in [0.1, 0.15) is 23.4 Å². The number of aromatic hydroxyl groups is 1. The first-order valence-corrected chi connectivity index (χ1v) is 14.5. The zero-order chi connectivity index (χ0) is 28.7. The van der Waals surface area contributed by atoms with Gasteiger partial charge < -0.3 is 10.4 Å². The van der Waals surface area contributed by atoms with Crippen molar-refractivity contribution in [2.24, 2.45) is 23.2 Å². The highest BCUT2D eigenvalue weighted by atomic mass is 19.1. The highest BCUT2D eigenvalue weighted by Crippen LogP contribution is 2.63. The molecular formula is C34H34FN3O3. The summed E-state index contributed by atoms with van der Waals surface area (Å²) >= 11 is 0. The molecule has 6 rings (SSSR count). The quantitative estimate of drug-likeness (QED) is 0.388. The number of pyridine rings is 1. The molecule has 3 aromatic rings. The number of carbonyl (C=O) groups excluding carboxylic acids is 2. The standard InChI is InChI=1S/C34H34FN3O3/c1-34-15-13-22-21-6-4-7-28(35)23(21)10-11-25(22)32(34)27(17-31(34)40)24(29-12-9-20(18-36)19-38-29)14-16-37-33(41)26-5-2-3-8-30(26)39/h2-9,12,19,22,24-25,27,32,39H,10-11,13-17H2,1H3,(H,37,41)/t22?,24?,25?,27-,32?,34+/m0/s1. The smallest absolute Gasteiger partial charge is 0.255 e. The maximum Gasteiger partial charge on any atom is 0.255 e. The van der Waals surface area contributed by atoms with E-state index in [2.05, 4.69) is 29.4 Å². The highest BCUT2D eigenvalue weighted by molar-refractivity contribution is 5.96. The van der Waals surface area contributed by atoms with Gasteiger partial charge in [-0.2, -0.15) is 5.26 Å². The molecule has 2 N–H and O–H groups in total. The van der Waals surface area contributed by atoms with Gasteiger partial charge in [0.15, 0.2) is 0 Å². The number of fused-ring (bicyclic) bond motifs is 5. The number of nitrogens with zero attached hydrogens (tertiary/aromatic N) is 2. The van der Waals surface area contributed by atoms with Gasteiger partial charge in [-0.3, -0.25) is 14.6 Å². The Morgan fingerprint density at radius 1 is 1.20 bits per heavy atom. The number of phenolic OH excluding ortho intramolecular Hbond substituents is 1. The zero-order valence-electron chi connectivity index (χ0n) is 23.1. The van der Waals surface area contributed by atoms with Crippen molar-refractivity contribution >= 4 is 11.7 Å². The van der Waals surface area contributed by atoms with Crippen LogP contribution in [-0.2, 0) is 11.2 Å². The van der Waals surface area contributed by atoms with E-state index in [9.17, 15) is 24.3 Å². The summed E-state index contributed by atoms with van der Waals surface area (Å²) in [4.78, 5) is 31.2. The average Bonchev–Trinajstić information content (AvgIpc) is 3.25. The van der Waals surface area contributed by atoms with Crippen molar-refractivity contribution in [3.63, 3.8) is 0 Å². The Bertz CT molecular complexity index is 1530. The molecular weight excluding hydrogens is 517 g/mol. The summed E-state index contributed by atoms with van der Waals surface area (Å²) in [5.74, 6) is 0.212. The molecule has 7 heteroatoms. The van der Waals surface area contributed by atoms with Crippen LogP contribution in [0.3, 0.4) is 0 Å². The number of rotatable bonds is 6. The molecule has 6 nitrogen and oxygen atoms in total. The largest absolute Gasteiger partial charge is 0.507 e. The molecule has 2 saturated carbocycles. The number of nitrogens with one attached hydrogen (secondary N) is 1. The number of carbonyl (C=O) groups is 2. The molecule has 4 unspecified atom stereocenters. The lowest BCUT2D eigenvalue weighted by Crippen LogP contribution is -2.45. The summed E-state index contributed by atoms with van der Waals surface area (Å²) in [6, 6.07) is 17.6.